The van der Waals surface area contributed by atoms with Gasteiger partial charge in [-0.3, -0.25) is 0 Å². The van der Waals surface area contributed by atoms with Gasteiger partial charge < -0.3 is 10.2 Å². The van der Waals surface area contributed by atoms with Crippen LogP contribution in [0.15, 0.2) is 53.6 Å². The van der Waals surface area contributed by atoms with Crippen LogP contribution >= 0.6 is 50.5 Å². The van der Waals surface area contributed by atoms with Crippen molar-refractivity contribution in [2.24, 2.45) is 0 Å². The van der Waals surface area contributed by atoms with E-state index in [1.807, 2.05) is 0 Å². The molecule has 0 aliphatic heterocycles. The van der Waals surface area contributed by atoms with Crippen LogP contribution in [0.3, 0.4) is 0 Å². The van der Waals surface area contributed by atoms with Crippen LogP contribution in [0.2, 0.25) is 0 Å². The number of rotatable bonds is 2. The molecule has 0 aliphatic carbocycles. The first-order valence-corrected chi connectivity index (χ1v) is 8.66. The van der Waals surface area contributed by atoms with Crippen LogP contribution < -0.4 is 0 Å². The second-order valence-electron chi connectivity index (χ2n) is 4.12. The molecule has 0 unspecified atom stereocenters. The van der Waals surface area contributed by atoms with Crippen LogP contribution in [0.5, 0.6) is 11.5 Å². The molecule has 0 bridgehead atoms. The molecule has 2 N–H and O–H groups in total. The van der Waals surface area contributed by atoms with Crippen molar-refractivity contribution in [3.05, 3.63) is 24.3 Å². The zero-order valence-corrected chi connectivity index (χ0v) is 14.6. The van der Waals surface area contributed by atoms with Gasteiger partial charge in [-0.15, -0.1) is 50.5 Å². The van der Waals surface area contributed by atoms with E-state index in [0.717, 1.165) is 0 Å². The van der Waals surface area contributed by atoms with Crippen molar-refractivity contribution in [1.29, 1.82) is 0 Å². The maximum atomic E-state index is 12.6. The maximum absolute atomic E-state index is 12.6. The van der Waals surface area contributed by atoms with E-state index in [1.165, 1.54) is 24.3 Å². The van der Waals surface area contributed by atoms with Gasteiger partial charge in [0.25, 0.3) is 0 Å². The molecule has 0 aliphatic rings. The quantitative estimate of drug-likeness (QED) is 0.454. The van der Waals surface area contributed by atoms with Crippen molar-refractivity contribution in [3.63, 3.8) is 0 Å². The highest BCUT2D eigenvalue weighted by Crippen LogP contribution is 2.37. The topological polar surface area (TPSA) is 74.6 Å². The van der Waals surface area contributed by atoms with Gasteiger partial charge in [0.2, 0.25) is 9.84 Å². The summed E-state index contributed by atoms with van der Waals surface area (Å²) in [7, 11) is -3.88. The van der Waals surface area contributed by atoms with Gasteiger partial charge in [0, 0.05) is 19.6 Å². The van der Waals surface area contributed by atoms with Crippen LogP contribution in [-0.4, -0.2) is 18.6 Å². The van der Waals surface area contributed by atoms with Gasteiger partial charge in [0.05, 0.1) is 9.79 Å². The molecule has 0 spiro atoms. The molecule has 0 aromatic heterocycles. The number of hydrogen-bond acceptors (Lipinski definition) is 8. The van der Waals surface area contributed by atoms with Crippen molar-refractivity contribution in [3.8, 4) is 11.5 Å². The predicted octanol–water partition coefficient (Wildman–Crippen LogP) is 3.09. The first kappa shape index (κ1) is 16.8. The molecule has 2 aromatic carbocycles. The van der Waals surface area contributed by atoms with E-state index in [0.29, 0.717) is 0 Å². The first-order chi connectivity index (χ1) is 9.64. The Hall–Kier alpha value is -0.610. The first-order valence-electron chi connectivity index (χ1n) is 5.39. The molecule has 9 heteroatoms. The molecule has 21 heavy (non-hydrogen) atoms. The third-order valence-corrected chi connectivity index (χ3v) is 5.78. The lowest BCUT2D eigenvalue weighted by Crippen LogP contribution is -2.03. The van der Waals surface area contributed by atoms with Gasteiger partial charge in [-0.25, -0.2) is 8.42 Å². The Balaban J connectivity index is 2.68. The fourth-order valence-corrected chi connectivity index (χ4v) is 4.53. The number of phenolic OH excluding ortho intramolecular Hbond substituents is 2. The molecule has 0 radical (unpaired) electrons. The molecule has 2 aromatic rings. The fraction of sp³-hybridized carbons (Fsp3) is 0. The molecule has 2 rings (SSSR count). The van der Waals surface area contributed by atoms with Crippen LogP contribution in [0, 0.1) is 0 Å². The number of hydrogen-bond donors (Lipinski definition) is 6. The Labute approximate surface area is 143 Å². The SMILES string of the molecule is O=S(=O)(c1cc(S)c(O)c(S)c1)c1cc(S)c(O)c(S)c1. The summed E-state index contributed by atoms with van der Waals surface area (Å²) in [6.45, 7) is 0. The van der Waals surface area contributed by atoms with Crippen LogP contribution in [0.25, 0.3) is 0 Å². The lowest BCUT2D eigenvalue weighted by Gasteiger charge is -2.10. The van der Waals surface area contributed by atoms with Crippen molar-refractivity contribution >= 4 is 60.4 Å². The number of benzene rings is 2. The van der Waals surface area contributed by atoms with Crippen molar-refractivity contribution in [2.75, 3.05) is 0 Å². The minimum Gasteiger partial charge on any atom is -0.506 e. The lowest BCUT2D eigenvalue weighted by molar-refractivity contribution is 0.448. The monoisotopic (exact) mass is 378 g/mol. The number of thiol groups is 4. The van der Waals surface area contributed by atoms with E-state index < -0.39 is 9.84 Å². The van der Waals surface area contributed by atoms with Crippen molar-refractivity contribution < 1.29 is 18.6 Å². The van der Waals surface area contributed by atoms with E-state index in [4.69, 9.17) is 0 Å². The highest BCUT2D eigenvalue weighted by Gasteiger charge is 2.22. The molecule has 4 nitrogen and oxygen atoms in total. The Kier molecular flexibility index (Phi) is 4.69. The van der Waals surface area contributed by atoms with Gasteiger partial charge >= 0.3 is 0 Å². The van der Waals surface area contributed by atoms with Gasteiger partial charge in [-0.05, 0) is 24.3 Å². The van der Waals surface area contributed by atoms with Crippen LogP contribution in [-0.2, 0) is 9.84 Å². The average Bonchev–Trinajstić information content (AvgIpc) is 2.40. The highest BCUT2D eigenvalue weighted by atomic mass is 32.2. The molecule has 0 atom stereocenters. The van der Waals surface area contributed by atoms with Crippen molar-refractivity contribution in [1.82, 2.24) is 0 Å². The maximum Gasteiger partial charge on any atom is 0.206 e. The number of sulfone groups is 1. The van der Waals surface area contributed by atoms with Gasteiger partial charge in [-0.2, -0.15) is 0 Å². The van der Waals surface area contributed by atoms with Crippen molar-refractivity contribution in [2.45, 2.75) is 29.4 Å². The molecule has 0 heterocycles. The predicted molar refractivity (Wildman–Crippen MR) is 90.7 cm³/mol. The molecule has 112 valence electrons. The zero-order chi connectivity index (χ0) is 15.9. The summed E-state index contributed by atoms with van der Waals surface area (Å²) >= 11 is 16.0. The second-order valence-corrected chi connectivity index (χ2v) is 8.00. The normalized spacial score (nSPS) is 11.6. The molecule has 0 amide bonds. The summed E-state index contributed by atoms with van der Waals surface area (Å²) in [6.07, 6.45) is 0. The minimum absolute atomic E-state index is 0.0820. The summed E-state index contributed by atoms with van der Waals surface area (Å²) in [6, 6.07) is 4.88. The van der Waals surface area contributed by atoms with Gasteiger partial charge in [0.15, 0.2) is 0 Å². The second kappa shape index (κ2) is 5.88. The highest BCUT2D eigenvalue weighted by molar-refractivity contribution is 7.91. The number of phenols is 2. The minimum atomic E-state index is -3.88. The summed E-state index contributed by atoms with van der Waals surface area (Å²) < 4.78 is 25.1. The molecule has 0 fully saturated rings. The summed E-state index contributed by atoms with van der Waals surface area (Å²) in [5.41, 5.74) is 0. The molecule has 0 saturated carbocycles. The van der Waals surface area contributed by atoms with E-state index in [1.54, 1.807) is 0 Å². The summed E-state index contributed by atoms with van der Waals surface area (Å²) in [4.78, 5) is 0.214. The van der Waals surface area contributed by atoms with E-state index in [-0.39, 0.29) is 40.9 Å². The van der Waals surface area contributed by atoms with Gasteiger partial charge in [-0.1, -0.05) is 0 Å². The Morgan fingerprint density at radius 3 is 1.14 bits per heavy atom. The molecular formula is C12H10O4S5. The van der Waals surface area contributed by atoms with Crippen LogP contribution in [0.4, 0.5) is 0 Å². The molecule has 0 saturated heterocycles. The third kappa shape index (κ3) is 3.11. The molecular weight excluding hydrogens is 368 g/mol. The Morgan fingerprint density at radius 2 is 0.905 bits per heavy atom. The third-order valence-electron chi connectivity index (χ3n) is 2.71. The smallest absolute Gasteiger partial charge is 0.206 e. The van der Waals surface area contributed by atoms with Gasteiger partial charge in [0.1, 0.15) is 11.5 Å². The average molecular weight is 379 g/mol. The lowest BCUT2D eigenvalue weighted by atomic mass is 10.3. The van der Waals surface area contributed by atoms with E-state index >= 15 is 0 Å². The standard InChI is InChI=1S/C12H10O4S5/c13-11-7(17)1-5(2-8(11)18)21(15,16)6-3-9(19)12(14)10(20)4-6/h1-4,13-14,17-20H. The van der Waals surface area contributed by atoms with E-state index in [2.05, 4.69) is 50.5 Å². The Morgan fingerprint density at radius 1 is 0.667 bits per heavy atom. The zero-order valence-electron chi connectivity index (χ0n) is 10.2. The van der Waals surface area contributed by atoms with E-state index in [9.17, 15) is 18.6 Å². The summed E-state index contributed by atoms with van der Waals surface area (Å²) in [5.74, 6) is -0.396. The Bertz CT molecular complexity index is 720. The summed E-state index contributed by atoms with van der Waals surface area (Å²) in [5, 5.41) is 19.2. The number of aromatic hydroxyl groups is 2. The largest absolute Gasteiger partial charge is 0.506 e. The van der Waals surface area contributed by atoms with Crippen LogP contribution in [0.1, 0.15) is 0 Å². The fourth-order valence-electron chi connectivity index (χ4n) is 1.60.